The standard InChI is InChI=1S/C25H17F3N2O4S/c1-34-18-9-4-15(5-10-18)23(31)19(12-14-2-7-17(8-3-14)25(26,27)28)22(24(32)33)16-6-11-20-21(13-16)30-35-29-20/h2-11,13H,12H2,1H3,(H,32,33)/b22-19+. The molecular weight excluding hydrogens is 481 g/mol. The van der Waals surface area contributed by atoms with E-state index in [2.05, 4.69) is 8.75 Å². The molecule has 0 saturated heterocycles. The highest BCUT2D eigenvalue weighted by Gasteiger charge is 2.30. The third kappa shape index (κ3) is 5.22. The number of aromatic nitrogens is 2. The number of hydrogen-bond donors (Lipinski definition) is 1. The van der Waals surface area contributed by atoms with Crippen LogP contribution in [0.4, 0.5) is 13.2 Å². The van der Waals surface area contributed by atoms with Gasteiger partial charge in [0.05, 0.1) is 30.0 Å². The first kappa shape index (κ1) is 24.1. The van der Waals surface area contributed by atoms with Crippen molar-refractivity contribution >= 4 is 40.1 Å². The maximum absolute atomic E-state index is 13.5. The van der Waals surface area contributed by atoms with Gasteiger partial charge < -0.3 is 9.84 Å². The average Bonchev–Trinajstić information content (AvgIpc) is 3.31. The van der Waals surface area contributed by atoms with Crippen LogP contribution in [0.5, 0.6) is 5.75 Å². The van der Waals surface area contributed by atoms with Crippen LogP contribution in [0.3, 0.4) is 0 Å². The van der Waals surface area contributed by atoms with Gasteiger partial charge in [0.25, 0.3) is 0 Å². The molecule has 0 saturated carbocycles. The van der Waals surface area contributed by atoms with E-state index in [4.69, 9.17) is 4.74 Å². The minimum Gasteiger partial charge on any atom is -0.497 e. The molecule has 178 valence electrons. The third-order valence-electron chi connectivity index (χ3n) is 5.35. The highest BCUT2D eigenvalue weighted by molar-refractivity contribution is 7.00. The number of carbonyl (C=O) groups excluding carboxylic acids is 1. The van der Waals surface area contributed by atoms with Crippen LogP contribution in [0.25, 0.3) is 16.6 Å². The lowest BCUT2D eigenvalue weighted by atomic mass is 9.89. The number of allylic oxidation sites excluding steroid dienone is 1. The summed E-state index contributed by atoms with van der Waals surface area (Å²) in [6.45, 7) is 0. The van der Waals surface area contributed by atoms with Crippen LogP contribution >= 0.6 is 11.7 Å². The van der Waals surface area contributed by atoms with Crippen molar-refractivity contribution in [2.24, 2.45) is 0 Å². The number of ether oxygens (including phenoxy) is 1. The number of hydrogen-bond acceptors (Lipinski definition) is 6. The van der Waals surface area contributed by atoms with E-state index in [1.807, 2.05) is 0 Å². The first-order chi connectivity index (χ1) is 16.7. The highest BCUT2D eigenvalue weighted by atomic mass is 32.1. The summed E-state index contributed by atoms with van der Waals surface area (Å²) in [5, 5.41) is 10.1. The second-order valence-corrected chi connectivity index (χ2v) is 8.08. The molecule has 4 rings (SSSR count). The molecule has 3 aromatic carbocycles. The fraction of sp³-hybridized carbons (Fsp3) is 0.120. The van der Waals surface area contributed by atoms with Crippen LogP contribution in [-0.2, 0) is 17.4 Å². The molecule has 1 N–H and O–H groups in total. The van der Waals surface area contributed by atoms with Gasteiger partial charge in [0.1, 0.15) is 16.8 Å². The molecule has 0 spiro atoms. The number of benzene rings is 3. The van der Waals surface area contributed by atoms with Gasteiger partial charge in [-0.15, -0.1) is 0 Å². The number of alkyl halides is 3. The van der Waals surface area contributed by atoms with Crippen molar-refractivity contribution in [2.45, 2.75) is 12.6 Å². The molecule has 0 aliphatic rings. The average molecular weight is 498 g/mol. The number of halogens is 3. The summed E-state index contributed by atoms with van der Waals surface area (Å²) >= 11 is 0.968. The molecule has 0 bridgehead atoms. The first-order valence-corrected chi connectivity index (χ1v) is 10.9. The zero-order valence-corrected chi connectivity index (χ0v) is 19.0. The molecule has 0 aliphatic carbocycles. The number of carboxylic acid groups (broad SMARTS) is 1. The van der Waals surface area contributed by atoms with Crippen LogP contribution in [0.1, 0.15) is 27.0 Å². The van der Waals surface area contributed by atoms with Crippen molar-refractivity contribution in [3.05, 3.63) is 94.6 Å². The van der Waals surface area contributed by atoms with Gasteiger partial charge in [0.15, 0.2) is 5.78 Å². The maximum atomic E-state index is 13.5. The monoisotopic (exact) mass is 498 g/mol. The Kier molecular flexibility index (Phi) is 6.65. The summed E-state index contributed by atoms with van der Waals surface area (Å²) in [6.07, 6.45) is -4.71. The quantitative estimate of drug-likeness (QED) is 0.260. The van der Waals surface area contributed by atoms with Gasteiger partial charge in [-0.2, -0.15) is 21.9 Å². The molecule has 0 aliphatic heterocycles. The molecule has 0 radical (unpaired) electrons. The number of fused-ring (bicyclic) bond motifs is 1. The number of ketones is 1. The molecule has 0 amide bonds. The molecule has 35 heavy (non-hydrogen) atoms. The lowest BCUT2D eigenvalue weighted by Crippen LogP contribution is -2.14. The molecule has 1 heterocycles. The van der Waals surface area contributed by atoms with Crippen molar-refractivity contribution in [2.75, 3.05) is 7.11 Å². The molecule has 0 atom stereocenters. The Bertz CT molecular complexity index is 1430. The Labute approximate surface area is 201 Å². The Morgan fingerprint density at radius 1 is 0.914 bits per heavy atom. The second kappa shape index (κ2) is 9.67. The fourth-order valence-corrected chi connectivity index (χ4v) is 4.10. The van der Waals surface area contributed by atoms with E-state index in [0.29, 0.717) is 22.3 Å². The summed E-state index contributed by atoms with van der Waals surface area (Å²) in [5.74, 6) is -1.41. The molecular formula is C25H17F3N2O4S. The zero-order valence-electron chi connectivity index (χ0n) is 18.2. The summed E-state index contributed by atoms with van der Waals surface area (Å²) in [7, 11) is 1.47. The fourth-order valence-electron chi connectivity index (χ4n) is 3.58. The minimum atomic E-state index is -4.51. The van der Waals surface area contributed by atoms with Gasteiger partial charge >= 0.3 is 12.1 Å². The smallest absolute Gasteiger partial charge is 0.416 e. The van der Waals surface area contributed by atoms with E-state index in [1.54, 1.807) is 18.2 Å². The SMILES string of the molecule is COc1ccc(C(=O)/C(Cc2ccc(C(F)(F)F)cc2)=C(/C(=O)O)c2ccc3nsnc3c2)cc1. The lowest BCUT2D eigenvalue weighted by Gasteiger charge is -2.14. The molecule has 4 aromatic rings. The van der Waals surface area contributed by atoms with Crippen molar-refractivity contribution < 1.29 is 32.6 Å². The van der Waals surface area contributed by atoms with E-state index in [-0.39, 0.29) is 28.7 Å². The zero-order chi connectivity index (χ0) is 25.2. The number of aliphatic carboxylic acids is 1. The van der Waals surface area contributed by atoms with E-state index < -0.39 is 23.5 Å². The molecule has 0 fully saturated rings. The Balaban J connectivity index is 1.86. The van der Waals surface area contributed by atoms with Gasteiger partial charge in [0, 0.05) is 17.6 Å². The van der Waals surface area contributed by atoms with Crippen LogP contribution in [-0.4, -0.2) is 32.7 Å². The van der Waals surface area contributed by atoms with Crippen LogP contribution in [0, 0.1) is 0 Å². The van der Waals surface area contributed by atoms with E-state index in [9.17, 15) is 27.9 Å². The number of carboxylic acids is 1. The summed E-state index contributed by atoms with van der Waals surface area (Å²) in [5.41, 5.74) is 0.666. The van der Waals surface area contributed by atoms with Crippen molar-refractivity contribution in [1.82, 2.24) is 8.75 Å². The molecule has 1 aromatic heterocycles. The Morgan fingerprint density at radius 2 is 1.54 bits per heavy atom. The van der Waals surface area contributed by atoms with Gasteiger partial charge in [-0.1, -0.05) is 18.2 Å². The van der Waals surface area contributed by atoms with Crippen molar-refractivity contribution in [3.8, 4) is 5.75 Å². The number of carbonyl (C=O) groups is 2. The van der Waals surface area contributed by atoms with Gasteiger partial charge in [0.2, 0.25) is 0 Å². The summed E-state index contributed by atoms with van der Waals surface area (Å²) in [6, 6.07) is 15.1. The van der Waals surface area contributed by atoms with Gasteiger partial charge in [-0.05, 0) is 59.7 Å². The minimum absolute atomic E-state index is 0.0787. The van der Waals surface area contributed by atoms with Crippen molar-refractivity contribution in [1.29, 1.82) is 0 Å². The Morgan fingerprint density at radius 3 is 2.14 bits per heavy atom. The highest BCUT2D eigenvalue weighted by Crippen LogP contribution is 2.31. The van der Waals surface area contributed by atoms with Gasteiger partial charge in [-0.3, -0.25) is 4.79 Å². The largest absolute Gasteiger partial charge is 0.497 e. The van der Waals surface area contributed by atoms with E-state index >= 15 is 0 Å². The predicted molar refractivity (Wildman–Crippen MR) is 124 cm³/mol. The van der Waals surface area contributed by atoms with E-state index in [1.165, 1.54) is 43.5 Å². The lowest BCUT2D eigenvalue weighted by molar-refractivity contribution is -0.137. The predicted octanol–water partition coefficient (Wildman–Crippen LogP) is 5.68. The van der Waals surface area contributed by atoms with Crippen LogP contribution < -0.4 is 4.74 Å². The normalized spacial score (nSPS) is 12.3. The van der Waals surface area contributed by atoms with E-state index in [0.717, 1.165) is 23.9 Å². The number of methoxy groups -OCH3 is 1. The summed E-state index contributed by atoms with van der Waals surface area (Å²) < 4.78 is 52.3. The van der Waals surface area contributed by atoms with Crippen molar-refractivity contribution in [3.63, 3.8) is 0 Å². The third-order valence-corrected chi connectivity index (χ3v) is 5.90. The molecule has 6 nitrogen and oxygen atoms in total. The number of Topliss-reactive ketones (excluding diaryl/α,β-unsaturated/α-hetero) is 1. The maximum Gasteiger partial charge on any atom is 0.416 e. The second-order valence-electron chi connectivity index (χ2n) is 7.56. The number of nitrogens with zero attached hydrogens (tertiary/aromatic N) is 2. The molecule has 10 heteroatoms. The van der Waals surface area contributed by atoms with Crippen LogP contribution in [0.2, 0.25) is 0 Å². The molecule has 0 unspecified atom stereocenters. The first-order valence-electron chi connectivity index (χ1n) is 10.2. The Hall–Kier alpha value is -4.05. The summed E-state index contributed by atoms with van der Waals surface area (Å²) in [4.78, 5) is 26.0. The number of rotatable bonds is 7. The van der Waals surface area contributed by atoms with Gasteiger partial charge in [-0.25, -0.2) is 4.79 Å². The topological polar surface area (TPSA) is 89.4 Å². The van der Waals surface area contributed by atoms with Crippen LogP contribution in [0.15, 0.2) is 72.3 Å².